The Bertz CT molecular complexity index is 599. The van der Waals surface area contributed by atoms with E-state index in [1.54, 1.807) is 0 Å². The number of rotatable bonds is 2. The van der Waals surface area contributed by atoms with Crippen LogP contribution in [0, 0.1) is 0 Å². The third-order valence-electron chi connectivity index (χ3n) is 2.68. The molecule has 0 radical (unpaired) electrons. The fraction of sp³-hybridized carbons (Fsp3) is 0.0769. The molecule has 0 atom stereocenters. The number of aromatic amines is 1. The van der Waals surface area contributed by atoms with Gasteiger partial charge in [-0.05, 0) is 23.6 Å². The number of benzene rings is 1. The van der Waals surface area contributed by atoms with Crippen LogP contribution in [-0.2, 0) is 6.42 Å². The van der Waals surface area contributed by atoms with Crippen LogP contribution >= 0.6 is 0 Å². The summed E-state index contributed by atoms with van der Waals surface area (Å²) in [6.45, 7) is 0. The van der Waals surface area contributed by atoms with Crippen molar-refractivity contribution in [2.75, 3.05) is 0 Å². The summed E-state index contributed by atoms with van der Waals surface area (Å²) >= 11 is 0. The summed E-state index contributed by atoms with van der Waals surface area (Å²) < 4.78 is 0. The third-order valence-corrected chi connectivity index (χ3v) is 2.68. The molecule has 0 aliphatic rings. The zero-order valence-corrected chi connectivity index (χ0v) is 8.72. The standard InChI is InChI=1S/C13H11N3/c1-2-4-10(5-3-1)8-11-6-7-14-13-12(11)9-15-16-13/h1-7,9H,8H2,(H,14,15,16). The van der Waals surface area contributed by atoms with Crippen LogP contribution in [0.25, 0.3) is 11.0 Å². The second-order valence-electron chi connectivity index (χ2n) is 3.76. The van der Waals surface area contributed by atoms with Crippen LogP contribution in [0.5, 0.6) is 0 Å². The summed E-state index contributed by atoms with van der Waals surface area (Å²) in [5, 5.41) is 8.00. The summed E-state index contributed by atoms with van der Waals surface area (Å²) in [7, 11) is 0. The number of nitrogens with one attached hydrogen (secondary N) is 1. The molecule has 78 valence electrons. The van der Waals surface area contributed by atoms with Gasteiger partial charge in [0, 0.05) is 11.6 Å². The first kappa shape index (κ1) is 9.09. The summed E-state index contributed by atoms with van der Waals surface area (Å²) in [5.41, 5.74) is 3.41. The highest BCUT2D eigenvalue weighted by atomic mass is 15.1. The normalized spacial score (nSPS) is 10.8. The van der Waals surface area contributed by atoms with Crippen molar-refractivity contribution in [2.24, 2.45) is 0 Å². The Labute approximate surface area is 93.2 Å². The van der Waals surface area contributed by atoms with Gasteiger partial charge in [-0.3, -0.25) is 5.10 Å². The molecular formula is C13H11N3. The van der Waals surface area contributed by atoms with Crippen molar-refractivity contribution >= 4 is 11.0 Å². The molecule has 0 spiro atoms. The lowest BCUT2D eigenvalue weighted by Gasteiger charge is -2.02. The molecule has 0 aliphatic heterocycles. The maximum Gasteiger partial charge on any atom is 0.155 e. The minimum atomic E-state index is 0.855. The van der Waals surface area contributed by atoms with Crippen LogP contribution in [0.4, 0.5) is 0 Å². The van der Waals surface area contributed by atoms with Gasteiger partial charge in [-0.25, -0.2) is 4.98 Å². The lowest BCUT2D eigenvalue weighted by molar-refractivity contribution is 1.10. The lowest BCUT2D eigenvalue weighted by Crippen LogP contribution is -1.89. The van der Waals surface area contributed by atoms with Gasteiger partial charge in [0.15, 0.2) is 5.65 Å². The van der Waals surface area contributed by atoms with Gasteiger partial charge >= 0.3 is 0 Å². The maximum absolute atomic E-state index is 4.23. The SMILES string of the molecule is c1ccc(Cc2ccnc3[nH]ncc23)cc1. The van der Waals surface area contributed by atoms with E-state index in [-0.39, 0.29) is 0 Å². The summed E-state index contributed by atoms with van der Waals surface area (Å²) in [6.07, 6.45) is 4.57. The van der Waals surface area contributed by atoms with Crippen molar-refractivity contribution in [2.45, 2.75) is 6.42 Å². The zero-order valence-electron chi connectivity index (χ0n) is 8.72. The van der Waals surface area contributed by atoms with E-state index in [0.717, 1.165) is 17.5 Å². The zero-order chi connectivity index (χ0) is 10.8. The summed E-state index contributed by atoms with van der Waals surface area (Å²) in [5.74, 6) is 0. The van der Waals surface area contributed by atoms with Crippen molar-refractivity contribution in [1.29, 1.82) is 0 Å². The molecule has 1 aromatic carbocycles. The molecule has 0 saturated heterocycles. The van der Waals surface area contributed by atoms with Gasteiger partial charge < -0.3 is 0 Å². The highest BCUT2D eigenvalue weighted by molar-refractivity contribution is 5.78. The Morgan fingerprint density at radius 2 is 1.94 bits per heavy atom. The molecule has 3 rings (SSSR count). The molecule has 0 fully saturated rings. The second-order valence-corrected chi connectivity index (χ2v) is 3.76. The molecule has 3 heteroatoms. The van der Waals surface area contributed by atoms with Gasteiger partial charge in [-0.15, -0.1) is 0 Å². The Balaban J connectivity index is 2.04. The number of hydrogen-bond acceptors (Lipinski definition) is 2. The van der Waals surface area contributed by atoms with Gasteiger partial charge in [-0.2, -0.15) is 5.10 Å². The van der Waals surface area contributed by atoms with E-state index in [0.29, 0.717) is 0 Å². The minimum Gasteiger partial charge on any atom is -0.261 e. The van der Waals surface area contributed by atoms with Gasteiger partial charge in [0.25, 0.3) is 0 Å². The monoisotopic (exact) mass is 209 g/mol. The van der Waals surface area contributed by atoms with Crippen molar-refractivity contribution < 1.29 is 0 Å². The molecule has 3 nitrogen and oxygen atoms in total. The predicted octanol–water partition coefficient (Wildman–Crippen LogP) is 2.55. The van der Waals surface area contributed by atoms with E-state index in [1.807, 2.05) is 24.5 Å². The van der Waals surface area contributed by atoms with E-state index in [4.69, 9.17) is 0 Å². The molecular weight excluding hydrogens is 198 g/mol. The fourth-order valence-electron chi connectivity index (χ4n) is 1.87. The first-order valence-electron chi connectivity index (χ1n) is 5.24. The van der Waals surface area contributed by atoms with Gasteiger partial charge in [0.1, 0.15) is 0 Å². The fourth-order valence-corrected chi connectivity index (χ4v) is 1.87. The maximum atomic E-state index is 4.23. The van der Waals surface area contributed by atoms with E-state index in [9.17, 15) is 0 Å². The lowest BCUT2D eigenvalue weighted by atomic mass is 10.0. The second kappa shape index (κ2) is 3.77. The van der Waals surface area contributed by atoms with Crippen molar-refractivity contribution in [3.8, 4) is 0 Å². The number of H-pyrrole nitrogens is 1. The van der Waals surface area contributed by atoms with Gasteiger partial charge in [0.05, 0.1) is 6.20 Å². The summed E-state index contributed by atoms with van der Waals surface area (Å²) in [6, 6.07) is 12.5. The molecule has 0 bridgehead atoms. The van der Waals surface area contributed by atoms with Crippen LogP contribution in [0.15, 0.2) is 48.8 Å². The van der Waals surface area contributed by atoms with Crippen LogP contribution < -0.4 is 0 Å². The Morgan fingerprint density at radius 3 is 2.81 bits per heavy atom. The van der Waals surface area contributed by atoms with Crippen LogP contribution in [0.2, 0.25) is 0 Å². The third kappa shape index (κ3) is 1.56. The molecule has 16 heavy (non-hydrogen) atoms. The van der Waals surface area contributed by atoms with E-state index >= 15 is 0 Å². The summed E-state index contributed by atoms with van der Waals surface area (Å²) in [4.78, 5) is 4.23. The molecule has 0 saturated carbocycles. The predicted molar refractivity (Wildman–Crippen MR) is 63.1 cm³/mol. The largest absolute Gasteiger partial charge is 0.261 e. The van der Waals surface area contributed by atoms with Gasteiger partial charge in [0.2, 0.25) is 0 Å². The quantitative estimate of drug-likeness (QED) is 0.704. The molecule has 0 amide bonds. The smallest absolute Gasteiger partial charge is 0.155 e. The van der Waals surface area contributed by atoms with Crippen LogP contribution in [0.3, 0.4) is 0 Å². The first-order valence-corrected chi connectivity index (χ1v) is 5.24. The number of fused-ring (bicyclic) bond motifs is 1. The Hall–Kier alpha value is -2.16. The number of hydrogen-bond donors (Lipinski definition) is 1. The van der Waals surface area contributed by atoms with Crippen LogP contribution in [0.1, 0.15) is 11.1 Å². The molecule has 1 N–H and O–H groups in total. The van der Waals surface area contributed by atoms with Gasteiger partial charge in [-0.1, -0.05) is 30.3 Å². The highest BCUT2D eigenvalue weighted by Gasteiger charge is 2.03. The number of aromatic nitrogens is 3. The molecule has 2 aromatic heterocycles. The Kier molecular flexibility index (Phi) is 2.14. The average molecular weight is 209 g/mol. The molecule has 2 heterocycles. The number of nitrogens with zero attached hydrogens (tertiary/aromatic N) is 2. The highest BCUT2D eigenvalue weighted by Crippen LogP contribution is 2.17. The topological polar surface area (TPSA) is 41.6 Å². The average Bonchev–Trinajstić information content (AvgIpc) is 2.80. The van der Waals surface area contributed by atoms with Crippen molar-refractivity contribution in [1.82, 2.24) is 15.2 Å². The molecule has 3 aromatic rings. The van der Waals surface area contributed by atoms with Crippen molar-refractivity contribution in [3.05, 3.63) is 59.9 Å². The van der Waals surface area contributed by atoms with Crippen molar-refractivity contribution in [3.63, 3.8) is 0 Å². The molecule has 0 aliphatic carbocycles. The van der Waals surface area contributed by atoms with Crippen LogP contribution in [-0.4, -0.2) is 15.2 Å². The number of pyridine rings is 1. The van der Waals surface area contributed by atoms with E-state index < -0.39 is 0 Å². The molecule has 0 unspecified atom stereocenters. The first-order chi connectivity index (χ1) is 7.93. The van der Waals surface area contributed by atoms with E-state index in [1.165, 1.54) is 11.1 Å². The Morgan fingerprint density at radius 1 is 1.06 bits per heavy atom. The van der Waals surface area contributed by atoms with E-state index in [2.05, 4.69) is 39.4 Å². The minimum absolute atomic E-state index is 0.855.